The van der Waals surface area contributed by atoms with Crippen molar-refractivity contribution in [1.29, 1.82) is 0 Å². The molecule has 0 bridgehead atoms. The molecule has 1 aliphatic heterocycles. The molecule has 0 saturated heterocycles. The fraction of sp³-hybridized carbons (Fsp3) is 0.320. The Kier molecular flexibility index (Phi) is 7.16. The van der Waals surface area contributed by atoms with Crippen molar-refractivity contribution in [1.82, 2.24) is 35.2 Å². The lowest BCUT2D eigenvalue weighted by Gasteiger charge is -2.31. The van der Waals surface area contributed by atoms with E-state index in [1.165, 1.54) is 24.8 Å². The van der Waals surface area contributed by atoms with Crippen LogP contribution in [0.2, 0.25) is 5.02 Å². The van der Waals surface area contributed by atoms with Gasteiger partial charge in [0.15, 0.2) is 5.69 Å². The first-order valence-corrected chi connectivity index (χ1v) is 12.4. The fourth-order valence-electron chi connectivity index (χ4n) is 4.21. The Morgan fingerprint density at radius 3 is 2.70 bits per heavy atom. The zero-order valence-electron chi connectivity index (χ0n) is 21.3. The number of alkyl halides is 3. The largest absolute Gasteiger partial charge is 0.474 e. The predicted octanol–water partition coefficient (Wildman–Crippen LogP) is 5.20. The number of fused-ring (bicyclic) bond motifs is 1. The van der Waals surface area contributed by atoms with Crippen LogP contribution in [0.15, 0.2) is 43.1 Å². The van der Waals surface area contributed by atoms with E-state index >= 15 is 0 Å². The molecule has 1 aromatic carbocycles. The fourth-order valence-corrected chi connectivity index (χ4v) is 4.44. The number of hydrogen-bond acceptors (Lipinski definition) is 9. The summed E-state index contributed by atoms with van der Waals surface area (Å²) in [6, 6.07) is 5.40. The summed E-state index contributed by atoms with van der Waals surface area (Å²) in [6.07, 6.45) is 0.314. The molecule has 5 rings (SSSR count). The first-order chi connectivity index (χ1) is 19.0. The second kappa shape index (κ2) is 10.6. The van der Waals surface area contributed by atoms with E-state index in [9.17, 15) is 13.2 Å². The second-order valence-corrected chi connectivity index (χ2v) is 10.0. The van der Waals surface area contributed by atoms with Crippen molar-refractivity contribution < 1.29 is 17.9 Å². The normalized spacial score (nSPS) is 13.5. The number of benzene rings is 1. The van der Waals surface area contributed by atoms with E-state index in [-0.39, 0.29) is 24.1 Å². The van der Waals surface area contributed by atoms with Gasteiger partial charge in [0.1, 0.15) is 30.1 Å². The molecule has 11 nitrogen and oxygen atoms in total. The van der Waals surface area contributed by atoms with Crippen molar-refractivity contribution in [2.24, 2.45) is 0 Å². The molecule has 4 aromatic rings. The molecule has 0 fully saturated rings. The number of rotatable bonds is 7. The van der Waals surface area contributed by atoms with Gasteiger partial charge in [-0.05, 0) is 48.9 Å². The number of tetrazole rings is 1. The van der Waals surface area contributed by atoms with Crippen LogP contribution in [0.4, 0.5) is 36.1 Å². The number of hydrogen-bond donors (Lipinski definition) is 1. The van der Waals surface area contributed by atoms with E-state index in [1.54, 1.807) is 21.8 Å². The van der Waals surface area contributed by atoms with E-state index < -0.39 is 23.0 Å². The van der Waals surface area contributed by atoms with Crippen LogP contribution in [0, 0.1) is 6.57 Å². The molecule has 3 aromatic heterocycles. The number of nitrogens with zero attached hydrogens (tertiary/aromatic N) is 9. The lowest BCUT2D eigenvalue weighted by atomic mass is 10.0. The monoisotopic (exact) mass is 570 g/mol. The van der Waals surface area contributed by atoms with Crippen molar-refractivity contribution in [3.63, 3.8) is 0 Å². The molecule has 0 spiro atoms. The molecule has 0 atom stereocenters. The minimum Gasteiger partial charge on any atom is -0.474 e. The molecule has 40 heavy (non-hydrogen) atoms. The van der Waals surface area contributed by atoms with Crippen LogP contribution in [-0.4, -0.2) is 48.3 Å². The average molecular weight is 571 g/mol. The number of halogens is 4. The van der Waals surface area contributed by atoms with Crippen molar-refractivity contribution in [3.8, 4) is 5.88 Å². The topological polar surface area (TPSA) is 111 Å². The molecular formula is C25H22ClF3N10O. The van der Waals surface area contributed by atoms with Crippen molar-refractivity contribution in [2.45, 2.75) is 38.5 Å². The van der Waals surface area contributed by atoms with Crippen LogP contribution in [0.1, 0.15) is 30.7 Å². The molecule has 206 valence electrons. The van der Waals surface area contributed by atoms with Crippen LogP contribution in [0.5, 0.6) is 5.88 Å². The molecule has 15 heteroatoms. The van der Waals surface area contributed by atoms with Gasteiger partial charge in [-0.25, -0.2) is 24.5 Å². The highest BCUT2D eigenvalue weighted by Crippen LogP contribution is 2.39. The smallest absolute Gasteiger partial charge is 0.407 e. The molecular weight excluding hydrogens is 549 g/mol. The van der Waals surface area contributed by atoms with Gasteiger partial charge in [0, 0.05) is 17.8 Å². The van der Waals surface area contributed by atoms with Crippen molar-refractivity contribution in [2.75, 3.05) is 23.4 Å². The summed E-state index contributed by atoms with van der Waals surface area (Å²) >= 11 is 6.43. The Bertz CT molecular complexity index is 1570. The van der Waals surface area contributed by atoms with Crippen LogP contribution in [0.25, 0.3) is 4.85 Å². The van der Waals surface area contributed by atoms with Gasteiger partial charge in [-0.3, -0.25) is 0 Å². The quantitative estimate of drug-likeness (QED) is 0.300. The summed E-state index contributed by atoms with van der Waals surface area (Å²) in [4.78, 5) is 17.8. The summed E-state index contributed by atoms with van der Waals surface area (Å²) in [6.45, 7) is 11.8. The minimum absolute atomic E-state index is 0.221. The lowest BCUT2D eigenvalue weighted by molar-refractivity contribution is -0.136. The summed E-state index contributed by atoms with van der Waals surface area (Å²) in [5.41, 5.74) is 0.544. The molecule has 0 saturated carbocycles. The Morgan fingerprint density at radius 2 is 2.00 bits per heavy atom. The Hall–Kier alpha value is -4.51. The number of pyridine rings is 1. The first-order valence-electron chi connectivity index (χ1n) is 12.0. The maximum atomic E-state index is 13.5. The molecule has 4 heterocycles. The molecule has 0 amide bonds. The van der Waals surface area contributed by atoms with Crippen molar-refractivity contribution in [3.05, 3.63) is 76.4 Å². The highest BCUT2D eigenvalue weighted by molar-refractivity contribution is 6.32. The maximum Gasteiger partial charge on any atom is 0.407 e. The van der Waals surface area contributed by atoms with Gasteiger partial charge < -0.3 is 15.0 Å². The van der Waals surface area contributed by atoms with Gasteiger partial charge in [-0.15, -0.1) is 5.10 Å². The van der Waals surface area contributed by atoms with Gasteiger partial charge in [-0.1, -0.05) is 17.7 Å². The van der Waals surface area contributed by atoms with E-state index in [0.29, 0.717) is 35.9 Å². The second-order valence-electron chi connectivity index (χ2n) is 9.62. The Morgan fingerprint density at radius 1 is 1.18 bits per heavy atom. The summed E-state index contributed by atoms with van der Waals surface area (Å²) in [5, 5.41) is 14.7. The molecule has 0 radical (unpaired) electrons. The molecule has 0 aliphatic carbocycles. The van der Waals surface area contributed by atoms with E-state index in [4.69, 9.17) is 22.9 Å². The molecule has 1 N–H and O–H groups in total. The highest BCUT2D eigenvalue weighted by Gasteiger charge is 2.34. The number of aromatic nitrogens is 7. The van der Waals surface area contributed by atoms with Gasteiger partial charge in [0.2, 0.25) is 5.88 Å². The Balaban J connectivity index is 1.30. The zero-order chi connectivity index (χ0) is 28.5. The number of ether oxygens (including phenoxy) is 1. The maximum absolute atomic E-state index is 13.5. The van der Waals surface area contributed by atoms with E-state index in [0.717, 1.165) is 11.6 Å². The zero-order valence-corrected chi connectivity index (χ0v) is 22.1. The lowest BCUT2D eigenvalue weighted by Crippen LogP contribution is -2.34. The van der Waals surface area contributed by atoms with Crippen LogP contribution in [-0.2, 0) is 24.7 Å². The van der Waals surface area contributed by atoms with E-state index in [1.807, 2.05) is 13.8 Å². The van der Waals surface area contributed by atoms with Crippen molar-refractivity contribution >= 4 is 34.5 Å². The van der Waals surface area contributed by atoms with Gasteiger partial charge in [0.25, 0.3) is 0 Å². The van der Waals surface area contributed by atoms with Gasteiger partial charge in [0.05, 0.1) is 41.8 Å². The Labute approximate surface area is 231 Å². The average Bonchev–Trinajstić information content (AvgIpc) is 3.48. The van der Waals surface area contributed by atoms with Gasteiger partial charge in [-0.2, -0.15) is 13.2 Å². The third kappa shape index (κ3) is 5.59. The number of anilines is 3. The SMILES string of the molecule is [C-]#[N+]c1ccc(N2CCc3c(ncnc3Nc3cnc(OCC(C)(C)n4cnnn4)c(Cl)c3)C2)cc1C(F)(F)F. The highest BCUT2D eigenvalue weighted by atomic mass is 35.5. The third-order valence-corrected chi connectivity index (χ3v) is 6.65. The minimum atomic E-state index is -4.62. The van der Waals surface area contributed by atoms with Crippen LogP contribution < -0.4 is 15.0 Å². The third-order valence-electron chi connectivity index (χ3n) is 6.38. The summed E-state index contributed by atoms with van der Waals surface area (Å²) in [5.74, 6) is 0.798. The summed E-state index contributed by atoms with van der Waals surface area (Å²) in [7, 11) is 0. The number of nitrogens with one attached hydrogen (secondary N) is 1. The predicted molar refractivity (Wildman–Crippen MR) is 140 cm³/mol. The van der Waals surface area contributed by atoms with E-state index in [2.05, 4.69) is 40.6 Å². The van der Waals surface area contributed by atoms with Crippen LogP contribution in [0.3, 0.4) is 0 Å². The first kappa shape index (κ1) is 27.1. The molecule has 0 unspecified atom stereocenters. The molecule has 1 aliphatic rings. The standard InChI is InChI=1S/C25H22ClF3N10O/c1-24(2,39-14-34-36-37-39)12-40-23-19(26)8-15(10-31-23)35-22-17-6-7-38(11-21(17)32-13-33-22)16-4-5-20(30-3)18(9-16)25(27,28)29/h4-5,8-10,13-14H,6-7,11-12H2,1-2H3,(H,32,33,35). The van der Waals surface area contributed by atoms with Crippen LogP contribution >= 0.6 is 11.6 Å². The van der Waals surface area contributed by atoms with Gasteiger partial charge >= 0.3 is 6.18 Å². The summed E-state index contributed by atoms with van der Waals surface area (Å²) < 4.78 is 47.8.